The van der Waals surface area contributed by atoms with Crippen molar-refractivity contribution in [3.63, 3.8) is 0 Å². The van der Waals surface area contributed by atoms with E-state index in [0.717, 1.165) is 22.9 Å². The van der Waals surface area contributed by atoms with Crippen LogP contribution in [0.3, 0.4) is 0 Å². The zero-order valence-corrected chi connectivity index (χ0v) is 13.3. The number of methoxy groups -OCH3 is 2. The van der Waals surface area contributed by atoms with E-state index < -0.39 is 0 Å². The first kappa shape index (κ1) is 14.7. The quantitative estimate of drug-likeness (QED) is 0.873. The van der Waals surface area contributed by atoms with Crippen LogP contribution in [0.5, 0.6) is 11.5 Å². The van der Waals surface area contributed by atoms with E-state index in [1.807, 2.05) is 29.0 Å². The van der Waals surface area contributed by atoms with Gasteiger partial charge in [0.1, 0.15) is 11.5 Å². The van der Waals surface area contributed by atoms with Crippen molar-refractivity contribution in [3.05, 3.63) is 34.9 Å². The van der Waals surface area contributed by atoms with E-state index in [1.165, 1.54) is 0 Å². The number of nitrogens with zero attached hydrogens (tertiary/aromatic N) is 1. The average molecular weight is 292 g/mol. The van der Waals surface area contributed by atoms with E-state index in [4.69, 9.17) is 21.7 Å². The van der Waals surface area contributed by atoms with Crippen LogP contribution in [0.15, 0.2) is 24.4 Å². The SMILES string of the molecule is COc1ccc(OC)c(-n2c(C(C)(C)C)c[nH]c2=S)c1. The first-order valence-electron chi connectivity index (χ1n) is 6.42. The van der Waals surface area contributed by atoms with Gasteiger partial charge in [0.05, 0.1) is 19.9 Å². The van der Waals surface area contributed by atoms with Crippen LogP contribution in [-0.4, -0.2) is 23.8 Å². The first-order valence-corrected chi connectivity index (χ1v) is 6.82. The third-order valence-corrected chi connectivity index (χ3v) is 3.47. The standard InChI is InChI=1S/C15H20N2O2S/c1-15(2,3)13-9-16-14(20)17(13)11-8-10(18-4)6-7-12(11)19-5/h6-9H,1-5H3,(H,16,20). The molecular weight excluding hydrogens is 272 g/mol. The maximum absolute atomic E-state index is 5.45. The molecule has 0 atom stereocenters. The monoisotopic (exact) mass is 292 g/mol. The summed E-state index contributed by atoms with van der Waals surface area (Å²) >= 11 is 5.42. The highest BCUT2D eigenvalue weighted by atomic mass is 32.1. The van der Waals surface area contributed by atoms with Crippen LogP contribution in [0.4, 0.5) is 0 Å². The molecule has 20 heavy (non-hydrogen) atoms. The number of hydrogen-bond donors (Lipinski definition) is 1. The summed E-state index contributed by atoms with van der Waals surface area (Å²) in [6.07, 6.45) is 1.95. The lowest BCUT2D eigenvalue weighted by Crippen LogP contribution is -2.17. The Hall–Kier alpha value is -1.75. The lowest BCUT2D eigenvalue weighted by molar-refractivity contribution is 0.400. The number of nitrogens with one attached hydrogen (secondary N) is 1. The molecule has 0 aliphatic carbocycles. The molecular formula is C15H20N2O2S. The summed E-state index contributed by atoms with van der Waals surface area (Å²) in [5, 5.41) is 0. The molecule has 1 heterocycles. The van der Waals surface area contributed by atoms with Crippen molar-refractivity contribution in [3.8, 4) is 17.2 Å². The van der Waals surface area contributed by atoms with Crippen LogP contribution in [0, 0.1) is 4.77 Å². The number of aromatic amines is 1. The topological polar surface area (TPSA) is 39.2 Å². The summed E-state index contributed by atoms with van der Waals surface area (Å²) in [7, 11) is 3.30. The Labute approximate surface area is 124 Å². The largest absolute Gasteiger partial charge is 0.497 e. The molecule has 108 valence electrons. The van der Waals surface area contributed by atoms with E-state index in [9.17, 15) is 0 Å². The summed E-state index contributed by atoms with van der Waals surface area (Å²) in [4.78, 5) is 3.11. The van der Waals surface area contributed by atoms with Crippen LogP contribution < -0.4 is 9.47 Å². The number of benzene rings is 1. The Balaban J connectivity index is 2.74. The molecule has 0 bridgehead atoms. The van der Waals surface area contributed by atoms with Crippen molar-refractivity contribution in [2.24, 2.45) is 0 Å². The van der Waals surface area contributed by atoms with Gasteiger partial charge in [-0.3, -0.25) is 4.57 Å². The van der Waals surface area contributed by atoms with Crippen molar-refractivity contribution in [1.82, 2.24) is 9.55 Å². The number of H-pyrrole nitrogens is 1. The average Bonchev–Trinajstić information content (AvgIpc) is 2.79. The van der Waals surface area contributed by atoms with E-state index >= 15 is 0 Å². The van der Waals surface area contributed by atoms with Gasteiger partial charge in [0.2, 0.25) is 0 Å². The fraction of sp³-hybridized carbons (Fsp3) is 0.400. The van der Waals surface area contributed by atoms with Crippen LogP contribution in [0.2, 0.25) is 0 Å². The Bertz CT molecular complexity index is 665. The molecule has 1 aromatic heterocycles. The maximum atomic E-state index is 5.45. The van der Waals surface area contributed by atoms with Crippen LogP contribution in [-0.2, 0) is 5.41 Å². The second-order valence-corrected chi connectivity index (χ2v) is 5.99. The highest BCUT2D eigenvalue weighted by Crippen LogP contribution is 2.32. The van der Waals surface area contributed by atoms with E-state index in [1.54, 1.807) is 14.2 Å². The molecule has 5 heteroatoms. The van der Waals surface area contributed by atoms with Crippen LogP contribution in [0.1, 0.15) is 26.5 Å². The summed E-state index contributed by atoms with van der Waals surface area (Å²) in [6.45, 7) is 6.44. The second-order valence-electron chi connectivity index (χ2n) is 5.60. The van der Waals surface area contributed by atoms with Crippen molar-refractivity contribution in [1.29, 1.82) is 0 Å². The summed E-state index contributed by atoms with van der Waals surface area (Å²) in [5.41, 5.74) is 1.93. The highest BCUT2D eigenvalue weighted by molar-refractivity contribution is 7.71. The van der Waals surface area contributed by atoms with Crippen molar-refractivity contribution in [2.45, 2.75) is 26.2 Å². The van der Waals surface area contributed by atoms with Gasteiger partial charge >= 0.3 is 0 Å². The Kier molecular flexibility index (Phi) is 3.90. The molecule has 0 radical (unpaired) electrons. The maximum Gasteiger partial charge on any atom is 0.182 e. The van der Waals surface area contributed by atoms with Gasteiger partial charge in [-0.05, 0) is 24.4 Å². The predicted octanol–water partition coefficient (Wildman–Crippen LogP) is 3.85. The van der Waals surface area contributed by atoms with Gasteiger partial charge in [-0.25, -0.2) is 0 Å². The van der Waals surface area contributed by atoms with E-state index in [2.05, 4.69) is 25.8 Å². The zero-order valence-electron chi connectivity index (χ0n) is 12.5. The fourth-order valence-corrected chi connectivity index (χ4v) is 2.39. The molecule has 0 saturated carbocycles. The van der Waals surface area contributed by atoms with Gasteiger partial charge in [-0.2, -0.15) is 0 Å². The fourth-order valence-electron chi connectivity index (χ4n) is 2.13. The third-order valence-electron chi connectivity index (χ3n) is 3.17. The lowest BCUT2D eigenvalue weighted by Gasteiger charge is -2.22. The van der Waals surface area contributed by atoms with Gasteiger partial charge in [0.25, 0.3) is 0 Å². The molecule has 1 N–H and O–H groups in total. The van der Waals surface area contributed by atoms with Gasteiger partial charge in [-0.1, -0.05) is 20.8 Å². The predicted molar refractivity (Wildman–Crippen MR) is 82.8 cm³/mol. The van der Waals surface area contributed by atoms with Crippen LogP contribution >= 0.6 is 12.2 Å². The molecule has 2 rings (SSSR count). The smallest absolute Gasteiger partial charge is 0.182 e. The van der Waals surface area contributed by atoms with Crippen molar-refractivity contribution >= 4 is 12.2 Å². The molecule has 1 aromatic carbocycles. The minimum absolute atomic E-state index is 0.0400. The number of hydrogen-bond acceptors (Lipinski definition) is 3. The van der Waals surface area contributed by atoms with Gasteiger partial charge in [0, 0.05) is 23.4 Å². The van der Waals surface area contributed by atoms with Crippen molar-refractivity contribution in [2.75, 3.05) is 14.2 Å². The zero-order chi connectivity index (χ0) is 14.9. The Morgan fingerprint density at radius 3 is 2.40 bits per heavy atom. The summed E-state index contributed by atoms with van der Waals surface area (Å²) < 4.78 is 13.4. The van der Waals surface area contributed by atoms with Gasteiger partial charge in [0.15, 0.2) is 4.77 Å². The minimum atomic E-state index is -0.0400. The minimum Gasteiger partial charge on any atom is -0.497 e. The number of rotatable bonds is 3. The number of imidazole rings is 1. The summed E-state index contributed by atoms with van der Waals surface area (Å²) in [5.74, 6) is 1.52. The first-order chi connectivity index (χ1) is 9.38. The molecule has 2 aromatic rings. The molecule has 0 amide bonds. The van der Waals surface area contributed by atoms with E-state index in [0.29, 0.717) is 4.77 Å². The normalized spacial score (nSPS) is 11.4. The number of aromatic nitrogens is 2. The lowest BCUT2D eigenvalue weighted by atomic mass is 9.92. The van der Waals surface area contributed by atoms with Crippen LogP contribution in [0.25, 0.3) is 5.69 Å². The molecule has 0 spiro atoms. The molecule has 4 nitrogen and oxygen atoms in total. The second kappa shape index (κ2) is 5.32. The van der Waals surface area contributed by atoms with Crippen molar-refractivity contribution < 1.29 is 9.47 Å². The molecule has 0 saturated heterocycles. The van der Waals surface area contributed by atoms with E-state index in [-0.39, 0.29) is 5.41 Å². The van der Waals surface area contributed by atoms with Gasteiger partial charge < -0.3 is 14.5 Å². The highest BCUT2D eigenvalue weighted by Gasteiger charge is 2.22. The Morgan fingerprint density at radius 2 is 1.85 bits per heavy atom. The summed E-state index contributed by atoms with van der Waals surface area (Å²) in [6, 6.07) is 5.68. The molecule has 0 unspecified atom stereocenters. The molecule has 0 fully saturated rings. The number of ether oxygens (including phenoxy) is 2. The van der Waals surface area contributed by atoms with Gasteiger partial charge in [-0.15, -0.1) is 0 Å². The third kappa shape index (κ3) is 2.58. The Morgan fingerprint density at radius 1 is 1.15 bits per heavy atom. The molecule has 0 aliphatic rings. The molecule has 0 aliphatic heterocycles.